The van der Waals surface area contributed by atoms with Gasteiger partial charge in [-0.1, -0.05) is 0 Å². The molecule has 1 fully saturated rings. The monoisotopic (exact) mass is 239 g/mol. The van der Waals surface area contributed by atoms with Crippen LogP contribution in [0.15, 0.2) is 18.2 Å². The average molecular weight is 239 g/mol. The number of hydrogen-bond acceptors (Lipinski definition) is 3. The molecular weight excluding hydrogens is 225 g/mol. The van der Waals surface area contributed by atoms with Crippen molar-refractivity contribution in [3.05, 3.63) is 29.6 Å². The Morgan fingerprint density at radius 3 is 3.00 bits per heavy atom. The molecule has 2 unspecified atom stereocenters. The molecule has 0 aromatic heterocycles. The highest BCUT2D eigenvalue weighted by Crippen LogP contribution is 2.19. The predicted molar refractivity (Wildman–Crippen MR) is 59.4 cm³/mol. The number of halogens is 1. The number of carbonyl (C=O) groups excluding carboxylic acids is 1. The highest BCUT2D eigenvalue weighted by atomic mass is 19.1. The Bertz CT molecular complexity index is 436. The van der Waals surface area contributed by atoms with Gasteiger partial charge >= 0.3 is 0 Å². The van der Waals surface area contributed by atoms with Crippen molar-refractivity contribution in [2.45, 2.75) is 25.5 Å². The SMILES string of the molecule is CC1OCCC1NC(=O)c1cc(F)ccc1O. The second kappa shape index (κ2) is 4.71. The molecular formula is C12H14FNO3. The first-order valence-corrected chi connectivity index (χ1v) is 5.49. The fourth-order valence-corrected chi connectivity index (χ4v) is 1.86. The number of amides is 1. The van der Waals surface area contributed by atoms with Gasteiger partial charge in [0.25, 0.3) is 5.91 Å². The third-order valence-corrected chi connectivity index (χ3v) is 2.90. The van der Waals surface area contributed by atoms with E-state index >= 15 is 0 Å². The molecule has 2 atom stereocenters. The van der Waals surface area contributed by atoms with Gasteiger partial charge in [0.05, 0.1) is 17.7 Å². The van der Waals surface area contributed by atoms with Gasteiger partial charge in [-0.3, -0.25) is 4.79 Å². The summed E-state index contributed by atoms with van der Waals surface area (Å²) >= 11 is 0. The molecule has 0 bridgehead atoms. The van der Waals surface area contributed by atoms with Crippen LogP contribution in [0.3, 0.4) is 0 Å². The van der Waals surface area contributed by atoms with Crippen molar-refractivity contribution < 1.29 is 19.0 Å². The summed E-state index contributed by atoms with van der Waals surface area (Å²) in [6.45, 7) is 2.46. The van der Waals surface area contributed by atoms with Gasteiger partial charge in [-0.25, -0.2) is 4.39 Å². The molecule has 2 N–H and O–H groups in total. The second-order valence-corrected chi connectivity index (χ2v) is 4.11. The minimum absolute atomic E-state index is 0.0518. The topological polar surface area (TPSA) is 58.6 Å². The largest absolute Gasteiger partial charge is 0.507 e. The molecule has 0 radical (unpaired) electrons. The predicted octanol–water partition coefficient (Wildman–Crippen LogP) is 1.44. The van der Waals surface area contributed by atoms with Gasteiger partial charge in [0.1, 0.15) is 11.6 Å². The highest BCUT2D eigenvalue weighted by molar-refractivity contribution is 5.97. The molecule has 1 aliphatic rings. The first-order chi connectivity index (χ1) is 8.08. The molecule has 4 nitrogen and oxygen atoms in total. The number of hydrogen-bond donors (Lipinski definition) is 2. The van der Waals surface area contributed by atoms with Crippen molar-refractivity contribution in [3.8, 4) is 5.75 Å². The van der Waals surface area contributed by atoms with Crippen LogP contribution in [0.5, 0.6) is 5.75 Å². The number of carbonyl (C=O) groups is 1. The Labute approximate surface area is 98.4 Å². The van der Waals surface area contributed by atoms with Gasteiger partial charge in [0.2, 0.25) is 0 Å². The molecule has 92 valence electrons. The first-order valence-electron chi connectivity index (χ1n) is 5.49. The van der Waals surface area contributed by atoms with Gasteiger partial charge in [0.15, 0.2) is 0 Å². The Hall–Kier alpha value is -1.62. The molecule has 0 spiro atoms. The fraction of sp³-hybridized carbons (Fsp3) is 0.417. The van der Waals surface area contributed by atoms with Crippen LogP contribution in [-0.2, 0) is 4.74 Å². The summed E-state index contributed by atoms with van der Waals surface area (Å²) in [5.41, 5.74) is -0.0518. The van der Waals surface area contributed by atoms with Crippen LogP contribution in [0.2, 0.25) is 0 Å². The minimum atomic E-state index is -0.552. The second-order valence-electron chi connectivity index (χ2n) is 4.11. The minimum Gasteiger partial charge on any atom is -0.507 e. The van der Waals surface area contributed by atoms with E-state index in [1.807, 2.05) is 6.92 Å². The molecule has 0 saturated carbocycles. The van der Waals surface area contributed by atoms with Crippen LogP contribution in [-0.4, -0.2) is 29.8 Å². The van der Waals surface area contributed by atoms with E-state index in [0.717, 1.165) is 18.6 Å². The number of nitrogens with one attached hydrogen (secondary N) is 1. The van der Waals surface area contributed by atoms with Crippen LogP contribution in [0, 0.1) is 5.82 Å². The van der Waals surface area contributed by atoms with Gasteiger partial charge in [-0.15, -0.1) is 0 Å². The summed E-state index contributed by atoms with van der Waals surface area (Å²) in [6, 6.07) is 3.20. The normalized spacial score (nSPS) is 23.6. The molecule has 1 aromatic rings. The summed E-state index contributed by atoms with van der Waals surface area (Å²) in [5.74, 6) is -1.26. The summed E-state index contributed by atoms with van der Waals surface area (Å²) in [6.07, 6.45) is 0.665. The van der Waals surface area contributed by atoms with E-state index < -0.39 is 11.7 Å². The van der Waals surface area contributed by atoms with E-state index in [4.69, 9.17) is 4.74 Å². The number of ether oxygens (including phenoxy) is 1. The maximum Gasteiger partial charge on any atom is 0.255 e. The molecule has 1 aliphatic heterocycles. The standard InChI is InChI=1S/C12H14FNO3/c1-7-10(4-5-17-7)14-12(16)9-6-8(13)2-3-11(9)15/h2-3,6-7,10,15H,4-5H2,1H3,(H,14,16). The van der Waals surface area contributed by atoms with Crippen LogP contribution >= 0.6 is 0 Å². The molecule has 5 heteroatoms. The zero-order valence-corrected chi connectivity index (χ0v) is 9.44. The van der Waals surface area contributed by atoms with Gasteiger partial charge in [0, 0.05) is 6.61 Å². The zero-order chi connectivity index (χ0) is 12.4. The lowest BCUT2D eigenvalue weighted by atomic mass is 10.1. The molecule has 1 aromatic carbocycles. The van der Waals surface area contributed by atoms with E-state index in [1.165, 1.54) is 6.07 Å². The van der Waals surface area contributed by atoms with Crippen molar-refractivity contribution in [2.75, 3.05) is 6.61 Å². The third-order valence-electron chi connectivity index (χ3n) is 2.90. The Morgan fingerprint density at radius 2 is 2.35 bits per heavy atom. The summed E-state index contributed by atoms with van der Waals surface area (Å²) < 4.78 is 18.3. The molecule has 17 heavy (non-hydrogen) atoms. The van der Waals surface area contributed by atoms with E-state index in [0.29, 0.717) is 6.61 Å². The smallest absolute Gasteiger partial charge is 0.255 e. The van der Waals surface area contributed by atoms with Crippen molar-refractivity contribution in [1.29, 1.82) is 0 Å². The van der Waals surface area contributed by atoms with Crippen LogP contribution in [0.25, 0.3) is 0 Å². The fourth-order valence-electron chi connectivity index (χ4n) is 1.86. The Balaban J connectivity index is 2.11. The maximum atomic E-state index is 13.0. The quantitative estimate of drug-likeness (QED) is 0.821. The lowest BCUT2D eigenvalue weighted by Crippen LogP contribution is -2.39. The van der Waals surface area contributed by atoms with E-state index in [2.05, 4.69) is 5.32 Å². The van der Waals surface area contributed by atoms with Crippen molar-refractivity contribution >= 4 is 5.91 Å². The lowest BCUT2D eigenvalue weighted by molar-refractivity contribution is 0.0863. The summed E-state index contributed by atoms with van der Waals surface area (Å²) in [7, 11) is 0. The molecule has 1 saturated heterocycles. The molecule has 2 rings (SSSR count). The Morgan fingerprint density at radius 1 is 1.59 bits per heavy atom. The van der Waals surface area contributed by atoms with Crippen molar-refractivity contribution in [3.63, 3.8) is 0 Å². The molecule has 1 amide bonds. The lowest BCUT2D eigenvalue weighted by Gasteiger charge is -2.16. The van der Waals surface area contributed by atoms with E-state index in [1.54, 1.807) is 0 Å². The van der Waals surface area contributed by atoms with Gasteiger partial charge in [-0.2, -0.15) is 0 Å². The van der Waals surface area contributed by atoms with E-state index in [9.17, 15) is 14.3 Å². The van der Waals surface area contributed by atoms with Crippen LogP contribution in [0.1, 0.15) is 23.7 Å². The highest BCUT2D eigenvalue weighted by Gasteiger charge is 2.26. The van der Waals surface area contributed by atoms with Gasteiger partial charge < -0.3 is 15.2 Å². The van der Waals surface area contributed by atoms with Crippen LogP contribution in [0.4, 0.5) is 4.39 Å². The Kier molecular flexibility index (Phi) is 3.28. The maximum absolute atomic E-state index is 13.0. The number of phenols is 1. The molecule has 0 aliphatic carbocycles. The zero-order valence-electron chi connectivity index (χ0n) is 9.44. The average Bonchev–Trinajstić information content (AvgIpc) is 2.68. The number of benzene rings is 1. The van der Waals surface area contributed by atoms with Crippen molar-refractivity contribution in [1.82, 2.24) is 5.32 Å². The molecule has 1 heterocycles. The number of phenolic OH excluding ortho intramolecular Hbond substituents is 1. The summed E-state index contributed by atoms with van der Waals surface area (Å²) in [5, 5.41) is 12.2. The third kappa shape index (κ3) is 2.55. The number of rotatable bonds is 2. The first kappa shape index (κ1) is 11.9. The summed E-state index contributed by atoms with van der Waals surface area (Å²) in [4.78, 5) is 11.8. The van der Waals surface area contributed by atoms with Crippen LogP contribution < -0.4 is 5.32 Å². The van der Waals surface area contributed by atoms with Crippen molar-refractivity contribution in [2.24, 2.45) is 0 Å². The number of aromatic hydroxyl groups is 1. The van der Waals surface area contributed by atoms with Gasteiger partial charge in [-0.05, 0) is 31.5 Å². The van der Waals surface area contributed by atoms with E-state index in [-0.39, 0.29) is 23.5 Å².